The number of hydrogen-bond acceptors (Lipinski definition) is 11. The van der Waals surface area contributed by atoms with Crippen molar-refractivity contribution in [3.8, 4) is 40.9 Å². The number of aliphatic hydroxyl groups excluding tert-OH is 3. The number of phenols is 2. The Kier molecular flexibility index (Phi) is 18.6. The number of fused-ring (bicyclic) bond motifs is 11. The molecule has 6 aromatic rings. The highest BCUT2D eigenvalue weighted by molar-refractivity contribution is 6.06. The Balaban J connectivity index is 1.01. The van der Waals surface area contributed by atoms with Crippen molar-refractivity contribution in [3.05, 3.63) is 178 Å². The molecule has 3 heterocycles. The van der Waals surface area contributed by atoms with Gasteiger partial charge in [0.05, 0.1) is 30.7 Å². The third-order valence-corrected chi connectivity index (χ3v) is 20.7. The van der Waals surface area contributed by atoms with E-state index >= 15 is 4.79 Å². The molecule has 12 atom stereocenters. The maximum absolute atomic E-state index is 15.7. The van der Waals surface area contributed by atoms with Crippen molar-refractivity contribution in [2.75, 3.05) is 32.1 Å². The lowest BCUT2D eigenvalue weighted by Crippen LogP contribution is -2.53. The Bertz CT molecular complexity index is 3700. The van der Waals surface area contributed by atoms with E-state index in [-0.39, 0.29) is 66.1 Å². The van der Waals surface area contributed by atoms with Crippen molar-refractivity contribution < 1.29 is 39.9 Å². The summed E-state index contributed by atoms with van der Waals surface area (Å²) in [6.07, 6.45) is 13.3. The predicted molar refractivity (Wildman–Crippen MR) is 346 cm³/mol. The SMILES string of the molecule is COc1cc2c(c(CCc3ccccc3)c1O)C(c1ccccc1)C#CC1CC3CC4=CCNC(=C4)Nc4ccc5ccc(c(O)c5c4)CC(O)CNCC(C)c4c[nH]c(c4)C45CCCCC4C#CCCCCC(C(C3)CC1C(=O)C(O)C(=O)CC2)C5O. The lowest BCUT2D eigenvalue weighted by molar-refractivity contribution is -0.142. The van der Waals surface area contributed by atoms with E-state index in [9.17, 15) is 30.3 Å². The first kappa shape index (κ1) is 60.7. The molecule has 0 saturated heterocycles. The van der Waals surface area contributed by atoms with Gasteiger partial charge in [0.15, 0.2) is 29.2 Å². The summed E-state index contributed by atoms with van der Waals surface area (Å²) in [4.78, 5) is 34.2. The molecule has 6 aliphatic rings. The lowest BCUT2D eigenvalue weighted by Gasteiger charge is -2.49. The fraction of sp³-hybridized carbons (Fsp3) is 0.447. The van der Waals surface area contributed by atoms with Gasteiger partial charge in [0.25, 0.3) is 0 Å². The van der Waals surface area contributed by atoms with E-state index in [0.717, 1.165) is 107 Å². The van der Waals surface area contributed by atoms with E-state index in [1.54, 1.807) is 6.07 Å². The normalized spacial score (nSPS) is 28.8. The molecule has 0 amide bonds. The first-order valence-electron chi connectivity index (χ1n) is 32.5. The van der Waals surface area contributed by atoms with Gasteiger partial charge >= 0.3 is 0 Å². The van der Waals surface area contributed by atoms with Gasteiger partial charge in [-0.3, -0.25) is 9.59 Å². The van der Waals surface area contributed by atoms with Gasteiger partial charge in [0.2, 0.25) is 0 Å². The van der Waals surface area contributed by atoms with Crippen LogP contribution in [0.1, 0.15) is 147 Å². The van der Waals surface area contributed by atoms with Crippen LogP contribution >= 0.6 is 0 Å². The molecule has 5 aromatic carbocycles. The monoisotopic (exact) mass is 1180 g/mol. The zero-order chi connectivity index (χ0) is 60.9. The molecule has 12 heteroatoms. The predicted octanol–water partition coefficient (Wildman–Crippen LogP) is 11.8. The second-order valence-electron chi connectivity index (χ2n) is 26.2. The number of ketones is 2. The number of methoxy groups -OCH3 is 1. The van der Waals surface area contributed by atoms with E-state index < -0.39 is 53.0 Å². The van der Waals surface area contributed by atoms with Crippen LogP contribution in [0.5, 0.6) is 17.2 Å². The Morgan fingerprint density at radius 2 is 1.57 bits per heavy atom. The number of aromatic nitrogens is 1. The van der Waals surface area contributed by atoms with Crippen LogP contribution < -0.4 is 20.7 Å². The Morgan fingerprint density at radius 1 is 0.761 bits per heavy atom. The number of β-amino-alcohol motifs (C(OH)–C–C–N with tert-alkyl or cyclic N) is 1. The third kappa shape index (κ3) is 12.8. The number of benzene rings is 5. The summed E-state index contributed by atoms with van der Waals surface area (Å²) >= 11 is 0. The number of allylic oxidation sites excluding steroid dienone is 2. The topological polar surface area (TPSA) is 196 Å². The summed E-state index contributed by atoms with van der Waals surface area (Å²) < 4.78 is 5.85. The van der Waals surface area contributed by atoms with Crippen LogP contribution in [0.4, 0.5) is 5.69 Å². The minimum absolute atomic E-state index is 0.0323. The van der Waals surface area contributed by atoms with Crippen LogP contribution in [-0.4, -0.2) is 87.1 Å². The number of carbonyl (C=O) groups excluding carboxylic acids is 2. The molecule has 2 fully saturated rings. The molecular formula is C76H86N4O8. The number of ether oxygens (including phenoxy) is 1. The van der Waals surface area contributed by atoms with Crippen molar-refractivity contribution in [1.82, 2.24) is 15.6 Å². The summed E-state index contributed by atoms with van der Waals surface area (Å²) in [6, 6.07) is 34.2. The summed E-state index contributed by atoms with van der Waals surface area (Å²) in [5, 5.41) is 74.0. The van der Waals surface area contributed by atoms with Gasteiger partial charge in [-0.2, -0.15) is 0 Å². The molecular weight excluding hydrogens is 1100 g/mol. The molecule has 12 nitrogen and oxygen atoms in total. The number of rotatable bonds is 5. The first-order chi connectivity index (χ1) is 42.8. The summed E-state index contributed by atoms with van der Waals surface area (Å²) in [6.45, 7) is 3.66. The fourth-order valence-electron chi connectivity index (χ4n) is 16.0. The van der Waals surface area contributed by atoms with Crippen LogP contribution in [0.2, 0.25) is 0 Å². The summed E-state index contributed by atoms with van der Waals surface area (Å²) in [5.41, 5.74) is 8.18. The molecule has 12 rings (SSSR count). The molecule has 4 aliphatic carbocycles. The van der Waals surface area contributed by atoms with Crippen molar-refractivity contribution in [1.29, 1.82) is 0 Å². The number of phenolic OH excluding ortho intramolecular Hbond substituents is 2. The highest BCUT2D eigenvalue weighted by Gasteiger charge is 2.53. The highest BCUT2D eigenvalue weighted by Crippen LogP contribution is 2.54. The molecule has 2 aliphatic heterocycles. The van der Waals surface area contributed by atoms with Crippen molar-refractivity contribution >= 4 is 28.0 Å². The number of hydrogen-bond donors (Lipinski definition) is 9. The van der Waals surface area contributed by atoms with Crippen molar-refractivity contribution in [2.45, 2.75) is 152 Å². The van der Waals surface area contributed by atoms with Crippen molar-refractivity contribution in [2.24, 2.45) is 35.5 Å². The van der Waals surface area contributed by atoms with Crippen LogP contribution in [0, 0.1) is 59.2 Å². The number of aliphatic hydroxyl groups is 3. The molecule has 1 spiro atoms. The first-order valence-corrected chi connectivity index (χ1v) is 32.5. The number of Topliss-reactive ketones (excluding diaryl/α,β-unsaturated/α-hetero) is 2. The van der Waals surface area contributed by atoms with E-state index in [1.165, 1.54) is 7.11 Å². The maximum atomic E-state index is 15.7. The van der Waals surface area contributed by atoms with Gasteiger partial charge in [-0.05, 0) is 169 Å². The Hall–Kier alpha value is -7.58. The Labute approximate surface area is 518 Å². The second-order valence-corrected chi connectivity index (χ2v) is 26.2. The van der Waals surface area contributed by atoms with Crippen LogP contribution in [0.25, 0.3) is 10.8 Å². The van der Waals surface area contributed by atoms with Gasteiger partial charge in [-0.1, -0.05) is 129 Å². The van der Waals surface area contributed by atoms with Gasteiger partial charge in [-0.15, -0.1) is 5.92 Å². The molecule has 9 N–H and O–H groups in total. The van der Waals surface area contributed by atoms with E-state index in [4.69, 9.17) is 4.74 Å². The zero-order valence-electron chi connectivity index (χ0n) is 51.0. The largest absolute Gasteiger partial charge is 0.507 e. The smallest absolute Gasteiger partial charge is 0.173 e. The van der Waals surface area contributed by atoms with Crippen molar-refractivity contribution in [3.63, 3.8) is 0 Å². The number of carbonyl (C=O) groups is 2. The van der Waals surface area contributed by atoms with E-state index in [2.05, 4.69) is 100 Å². The molecule has 12 unspecified atom stereocenters. The molecule has 458 valence electrons. The molecule has 2 saturated carbocycles. The molecule has 0 radical (unpaired) electrons. The minimum atomic E-state index is -1.88. The number of anilines is 1. The van der Waals surface area contributed by atoms with E-state index in [1.807, 2.05) is 66.7 Å². The van der Waals surface area contributed by atoms with Crippen LogP contribution in [0.3, 0.4) is 0 Å². The third-order valence-electron chi connectivity index (χ3n) is 20.7. The lowest BCUT2D eigenvalue weighted by atomic mass is 9.56. The highest BCUT2D eigenvalue weighted by atomic mass is 16.5. The Morgan fingerprint density at radius 3 is 2.40 bits per heavy atom. The number of nitrogens with one attached hydrogen (secondary N) is 4. The molecule has 1 aromatic heterocycles. The molecule has 11 bridgehead atoms. The summed E-state index contributed by atoms with van der Waals surface area (Å²) in [5.74, 6) is 12.6. The van der Waals surface area contributed by atoms with Gasteiger partial charge in [-0.25, -0.2) is 0 Å². The number of aromatic amines is 1. The summed E-state index contributed by atoms with van der Waals surface area (Å²) in [7, 11) is 1.53. The quantitative estimate of drug-likeness (QED) is 0.0589. The fourth-order valence-corrected chi connectivity index (χ4v) is 16.0. The number of dihydropyridines is 1. The standard InChI is InChI=1S/C76H86N4O8/c1-47-44-77-46-60(81)39-55-24-23-52-25-28-59(43-65(52)71(55)83)80-69-38-49(32-34-78-69)35-50-36-53-26-30-61(51-17-9-6-10-18-51)70-54(41-67(88-2)72(84)63(70)29-22-48-15-7-5-8-16-48)27-31-66(82)74(86)73(85)64(53)40-56(37-50)62-21-12-4-3-11-19-58-20-13-14-33-76(58,75(62)87)68-42-57(47)45-79-68/h5-10,15-18,23-25,28,32,38,41-43,45,47,50,53,56,58,60-62,64,74-75,77-81,83-84,86-87H,3-4,12-14,20-22,27,29,31,33-37,39-40,44,46H2,1-2H3. The second kappa shape index (κ2) is 27.0. The average Bonchev–Trinajstić information content (AvgIpc) is 1.50. The van der Waals surface area contributed by atoms with Gasteiger partial charge < -0.3 is 51.2 Å². The number of H-pyrrole nitrogens is 1. The van der Waals surface area contributed by atoms with Gasteiger partial charge in [0.1, 0.15) is 11.6 Å². The zero-order valence-corrected chi connectivity index (χ0v) is 51.0. The van der Waals surface area contributed by atoms with Crippen LogP contribution in [-0.2, 0) is 40.7 Å². The number of aromatic hydroxyl groups is 2. The van der Waals surface area contributed by atoms with Gasteiger partial charge in [0, 0.05) is 85.2 Å². The maximum Gasteiger partial charge on any atom is 0.173 e. The number of aryl methyl sites for hydroxylation is 2. The van der Waals surface area contributed by atoms with E-state index in [0.29, 0.717) is 74.7 Å². The molecule has 88 heavy (non-hydrogen) atoms. The van der Waals surface area contributed by atoms with Crippen LogP contribution in [0.15, 0.2) is 133 Å². The minimum Gasteiger partial charge on any atom is -0.507 e. The average molecular weight is 1180 g/mol.